The van der Waals surface area contributed by atoms with Gasteiger partial charge in [-0.25, -0.2) is 13.4 Å². The average molecular weight is 570 g/mol. The monoisotopic (exact) mass is 569 g/mol. The Labute approximate surface area is 239 Å². The normalized spacial score (nSPS) is 21.1. The molecule has 0 spiro atoms. The first-order valence-corrected chi connectivity index (χ1v) is 15.0. The average Bonchev–Trinajstić information content (AvgIpc) is 3.41. The van der Waals surface area contributed by atoms with Gasteiger partial charge in [0, 0.05) is 17.2 Å². The number of ether oxygens (including phenoxy) is 2. The van der Waals surface area contributed by atoms with Crippen molar-refractivity contribution < 1.29 is 23.0 Å². The van der Waals surface area contributed by atoms with Crippen LogP contribution in [0.25, 0.3) is 11.0 Å². The van der Waals surface area contributed by atoms with Crippen LogP contribution in [0.5, 0.6) is 0 Å². The molecule has 0 amide bonds. The Morgan fingerprint density at radius 2 is 1.54 bits per heavy atom. The molecular weight excluding hydrogens is 538 g/mol. The van der Waals surface area contributed by atoms with E-state index in [0.29, 0.717) is 12.2 Å². The van der Waals surface area contributed by atoms with Gasteiger partial charge < -0.3 is 19.1 Å². The van der Waals surface area contributed by atoms with Crippen LogP contribution < -0.4 is 4.72 Å². The number of imidazole rings is 1. The number of para-hydroxylation sites is 2. The summed E-state index contributed by atoms with van der Waals surface area (Å²) in [6.45, 7) is 2.68. The fourth-order valence-corrected chi connectivity index (χ4v) is 6.28. The van der Waals surface area contributed by atoms with E-state index in [1.165, 1.54) is 0 Å². The minimum Gasteiger partial charge on any atom is -0.392 e. The van der Waals surface area contributed by atoms with E-state index in [-0.39, 0.29) is 29.6 Å². The number of benzene rings is 4. The Bertz CT molecular complexity index is 1720. The van der Waals surface area contributed by atoms with E-state index in [1.54, 1.807) is 42.5 Å². The summed E-state index contributed by atoms with van der Waals surface area (Å²) in [5.41, 5.74) is 5.01. The molecule has 1 fully saturated rings. The number of rotatable bonds is 8. The summed E-state index contributed by atoms with van der Waals surface area (Å²) in [6.07, 6.45) is 0.695. The second kappa shape index (κ2) is 11.5. The van der Waals surface area contributed by atoms with Gasteiger partial charge in [-0.3, -0.25) is 4.72 Å². The summed E-state index contributed by atoms with van der Waals surface area (Å²) in [4.78, 5) is 4.74. The summed E-state index contributed by atoms with van der Waals surface area (Å²) in [6, 6.07) is 31.1. The highest BCUT2D eigenvalue weighted by Crippen LogP contribution is 2.42. The third-order valence-electron chi connectivity index (χ3n) is 7.52. The Hall–Kier alpha value is -4.02. The molecule has 4 aromatic carbocycles. The van der Waals surface area contributed by atoms with Crippen LogP contribution in [0.1, 0.15) is 36.0 Å². The highest BCUT2D eigenvalue weighted by atomic mass is 32.2. The van der Waals surface area contributed by atoms with Crippen molar-refractivity contribution in [1.82, 2.24) is 9.55 Å². The van der Waals surface area contributed by atoms with Crippen molar-refractivity contribution in [3.05, 3.63) is 126 Å². The molecule has 1 aliphatic heterocycles. The first kappa shape index (κ1) is 27.2. The molecule has 210 valence electrons. The van der Waals surface area contributed by atoms with Crippen molar-refractivity contribution in [3.8, 4) is 0 Å². The van der Waals surface area contributed by atoms with Crippen LogP contribution in [0.15, 0.2) is 114 Å². The van der Waals surface area contributed by atoms with Crippen molar-refractivity contribution in [1.29, 1.82) is 0 Å². The van der Waals surface area contributed by atoms with E-state index in [2.05, 4.69) is 21.2 Å². The molecule has 41 heavy (non-hydrogen) atoms. The van der Waals surface area contributed by atoms with Crippen LogP contribution in [0.4, 0.5) is 5.69 Å². The van der Waals surface area contributed by atoms with Crippen LogP contribution in [-0.2, 0) is 32.6 Å². The minimum atomic E-state index is -3.70. The topological polar surface area (TPSA) is 103 Å². The molecule has 0 unspecified atom stereocenters. The van der Waals surface area contributed by atoms with Gasteiger partial charge in [0.1, 0.15) is 0 Å². The summed E-state index contributed by atoms with van der Waals surface area (Å²) >= 11 is 0. The zero-order valence-electron chi connectivity index (χ0n) is 22.5. The number of hydrogen-bond acceptors (Lipinski definition) is 6. The summed E-state index contributed by atoms with van der Waals surface area (Å²) < 4.78 is 43.4. The van der Waals surface area contributed by atoms with Gasteiger partial charge in [-0.05, 0) is 47.5 Å². The molecule has 9 heteroatoms. The zero-order chi connectivity index (χ0) is 28.4. The molecule has 4 atom stereocenters. The van der Waals surface area contributed by atoms with Gasteiger partial charge in [0.2, 0.25) is 0 Å². The van der Waals surface area contributed by atoms with Crippen LogP contribution in [-0.4, -0.2) is 29.2 Å². The van der Waals surface area contributed by atoms with Crippen molar-refractivity contribution in [2.45, 2.75) is 43.5 Å². The van der Waals surface area contributed by atoms with Crippen molar-refractivity contribution in [2.24, 2.45) is 5.92 Å². The maximum Gasteiger partial charge on any atom is 0.261 e. The summed E-state index contributed by atoms with van der Waals surface area (Å²) in [7, 11) is -3.70. The maximum absolute atomic E-state index is 12.8. The Morgan fingerprint density at radius 3 is 2.27 bits per heavy atom. The highest BCUT2D eigenvalue weighted by Gasteiger charge is 2.38. The molecule has 1 saturated heterocycles. The van der Waals surface area contributed by atoms with Gasteiger partial charge in [-0.15, -0.1) is 0 Å². The molecule has 2 N–H and O–H groups in total. The predicted molar refractivity (Wildman–Crippen MR) is 156 cm³/mol. The Kier molecular flexibility index (Phi) is 7.59. The van der Waals surface area contributed by atoms with Crippen molar-refractivity contribution >= 4 is 26.7 Å². The van der Waals surface area contributed by atoms with Crippen molar-refractivity contribution in [2.75, 3.05) is 4.72 Å². The van der Waals surface area contributed by atoms with Gasteiger partial charge in [-0.2, -0.15) is 0 Å². The molecule has 5 aromatic rings. The Morgan fingerprint density at radius 1 is 0.854 bits per heavy atom. The SMILES string of the molecule is C[C@@H]1[C@H](Cn2cnc3ccccc32)O[C@H](c2ccc(NS(=O)(=O)c3ccccc3)cc2)O[C@@H]1c1ccc(CO)cc1. The standard InChI is InChI=1S/C32H31N3O5S/c1-22-30(19-35-21-33-28-9-5-6-10-29(28)35)39-32(40-31(22)24-13-11-23(20-36)12-14-24)25-15-17-26(18-16-25)34-41(37,38)27-7-3-2-4-8-27/h2-18,21-22,30-32,34,36H,19-20H2,1H3/t22-,30+,31+,32+/m1/s1. The number of nitrogens with zero attached hydrogens (tertiary/aromatic N) is 2. The molecule has 1 aromatic heterocycles. The zero-order valence-corrected chi connectivity index (χ0v) is 23.3. The molecule has 6 rings (SSSR count). The lowest BCUT2D eigenvalue weighted by Gasteiger charge is -2.41. The second-order valence-corrected chi connectivity index (χ2v) is 11.9. The lowest BCUT2D eigenvalue weighted by molar-refractivity contribution is -0.276. The number of aliphatic hydroxyl groups is 1. The lowest BCUT2D eigenvalue weighted by Crippen LogP contribution is -2.39. The van der Waals surface area contributed by atoms with Gasteiger partial charge in [-0.1, -0.05) is 73.7 Å². The predicted octanol–water partition coefficient (Wildman–Crippen LogP) is 5.82. The molecule has 0 aliphatic carbocycles. The van der Waals surface area contributed by atoms with Gasteiger partial charge in [0.25, 0.3) is 10.0 Å². The lowest BCUT2D eigenvalue weighted by atomic mass is 9.90. The van der Waals surface area contributed by atoms with Crippen LogP contribution >= 0.6 is 0 Å². The molecule has 0 bridgehead atoms. The van der Waals surface area contributed by atoms with Gasteiger partial charge >= 0.3 is 0 Å². The smallest absolute Gasteiger partial charge is 0.261 e. The number of nitrogens with one attached hydrogen (secondary N) is 1. The molecule has 0 saturated carbocycles. The summed E-state index contributed by atoms with van der Waals surface area (Å²) in [5, 5.41) is 9.51. The fraction of sp³-hybridized carbons (Fsp3) is 0.219. The maximum atomic E-state index is 12.8. The molecule has 0 radical (unpaired) electrons. The van der Waals surface area contributed by atoms with E-state index < -0.39 is 16.3 Å². The van der Waals surface area contributed by atoms with Crippen LogP contribution in [0.2, 0.25) is 0 Å². The quantitative estimate of drug-likeness (QED) is 0.244. The summed E-state index contributed by atoms with van der Waals surface area (Å²) in [5.74, 6) is 0.00402. The highest BCUT2D eigenvalue weighted by molar-refractivity contribution is 7.92. The molecule has 2 heterocycles. The second-order valence-electron chi connectivity index (χ2n) is 10.2. The first-order valence-electron chi connectivity index (χ1n) is 13.5. The van der Waals surface area contributed by atoms with Gasteiger partial charge in [0.05, 0.1) is 47.6 Å². The van der Waals surface area contributed by atoms with Crippen LogP contribution in [0.3, 0.4) is 0 Å². The first-order chi connectivity index (χ1) is 19.9. The van der Waals surface area contributed by atoms with E-state index in [0.717, 1.165) is 27.7 Å². The number of aliphatic hydroxyl groups excluding tert-OH is 1. The largest absolute Gasteiger partial charge is 0.392 e. The minimum absolute atomic E-state index is 0.00402. The van der Waals surface area contributed by atoms with E-state index in [9.17, 15) is 13.5 Å². The Balaban J connectivity index is 1.27. The van der Waals surface area contributed by atoms with E-state index in [1.807, 2.05) is 67.0 Å². The van der Waals surface area contributed by atoms with E-state index in [4.69, 9.17) is 9.47 Å². The van der Waals surface area contributed by atoms with Gasteiger partial charge in [0.15, 0.2) is 6.29 Å². The number of anilines is 1. The van der Waals surface area contributed by atoms with Crippen LogP contribution in [0, 0.1) is 5.92 Å². The fourth-order valence-electron chi connectivity index (χ4n) is 5.20. The number of sulfonamides is 1. The van der Waals surface area contributed by atoms with Crippen molar-refractivity contribution in [3.63, 3.8) is 0 Å². The molecular formula is C32H31N3O5S. The number of fused-ring (bicyclic) bond motifs is 1. The molecule has 1 aliphatic rings. The number of aromatic nitrogens is 2. The third kappa shape index (κ3) is 5.75. The third-order valence-corrected chi connectivity index (χ3v) is 8.91. The van der Waals surface area contributed by atoms with E-state index >= 15 is 0 Å². The number of hydrogen-bond donors (Lipinski definition) is 2. The molecule has 8 nitrogen and oxygen atoms in total.